The molecular weight excluding hydrogens is 348 g/mol. The summed E-state index contributed by atoms with van der Waals surface area (Å²) in [6.07, 6.45) is 3.29. The monoisotopic (exact) mass is 366 g/mol. The molecule has 1 aromatic carbocycles. The first-order valence-corrected chi connectivity index (χ1v) is 8.11. The van der Waals surface area contributed by atoms with Crippen molar-refractivity contribution >= 4 is 11.6 Å². The van der Waals surface area contributed by atoms with Crippen molar-refractivity contribution in [2.24, 2.45) is 0 Å². The van der Waals surface area contributed by atoms with Crippen LogP contribution in [0.15, 0.2) is 59.7 Å². The molecule has 0 aliphatic heterocycles. The van der Waals surface area contributed by atoms with Crippen LogP contribution in [0, 0.1) is 0 Å². The summed E-state index contributed by atoms with van der Waals surface area (Å²) in [6.45, 7) is -0.221. The SMILES string of the molecule is COc1ccc(NC(=O)Cn2nc(-c3cccnc3)ccc2=O)cc1OC. The maximum absolute atomic E-state index is 12.3. The lowest BCUT2D eigenvalue weighted by Crippen LogP contribution is -2.29. The maximum Gasteiger partial charge on any atom is 0.267 e. The van der Waals surface area contributed by atoms with Crippen molar-refractivity contribution < 1.29 is 14.3 Å². The van der Waals surface area contributed by atoms with Crippen LogP contribution in [0.5, 0.6) is 11.5 Å². The van der Waals surface area contributed by atoms with Gasteiger partial charge in [0.25, 0.3) is 5.56 Å². The molecule has 0 bridgehead atoms. The lowest BCUT2D eigenvalue weighted by atomic mass is 10.2. The van der Waals surface area contributed by atoms with Crippen LogP contribution in [0.1, 0.15) is 0 Å². The van der Waals surface area contributed by atoms with Gasteiger partial charge in [0.1, 0.15) is 6.54 Å². The number of methoxy groups -OCH3 is 2. The third-order valence-corrected chi connectivity index (χ3v) is 3.78. The minimum absolute atomic E-state index is 0.221. The van der Waals surface area contributed by atoms with E-state index in [0.29, 0.717) is 22.9 Å². The molecule has 27 heavy (non-hydrogen) atoms. The minimum Gasteiger partial charge on any atom is -0.493 e. The van der Waals surface area contributed by atoms with Crippen LogP contribution < -0.4 is 20.3 Å². The van der Waals surface area contributed by atoms with Gasteiger partial charge in [-0.25, -0.2) is 4.68 Å². The van der Waals surface area contributed by atoms with Gasteiger partial charge in [-0.1, -0.05) is 0 Å². The Morgan fingerprint density at radius 3 is 2.63 bits per heavy atom. The van der Waals surface area contributed by atoms with E-state index in [2.05, 4.69) is 15.4 Å². The number of nitrogens with zero attached hydrogens (tertiary/aromatic N) is 3. The van der Waals surface area contributed by atoms with Gasteiger partial charge in [-0.15, -0.1) is 0 Å². The zero-order valence-corrected chi connectivity index (χ0v) is 14.9. The zero-order valence-electron chi connectivity index (χ0n) is 14.9. The highest BCUT2D eigenvalue weighted by Crippen LogP contribution is 2.29. The van der Waals surface area contributed by atoms with Crippen molar-refractivity contribution in [2.45, 2.75) is 6.54 Å². The average molecular weight is 366 g/mol. The predicted octanol–water partition coefficient (Wildman–Crippen LogP) is 1.96. The number of amides is 1. The van der Waals surface area contributed by atoms with Gasteiger partial charge in [0.15, 0.2) is 11.5 Å². The Balaban J connectivity index is 1.77. The second-order valence-corrected chi connectivity index (χ2v) is 5.57. The normalized spacial score (nSPS) is 10.3. The fraction of sp³-hybridized carbons (Fsp3) is 0.158. The van der Waals surface area contributed by atoms with Crippen molar-refractivity contribution in [2.75, 3.05) is 19.5 Å². The summed E-state index contributed by atoms with van der Waals surface area (Å²) in [5, 5.41) is 6.96. The van der Waals surface area contributed by atoms with Crippen LogP contribution in [-0.4, -0.2) is 34.9 Å². The summed E-state index contributed by atoms with van der Waals surface area (Å²) in [7, 11) is 3.04. The molecule has 3 rings (SSSR count). The molecule has 0 unspecified atom stereocenters. The van der Waals surface area contributed by atoms with Crippen molar-refractivity contribution in [3.8, 4) is 22.8 Å². The molecule has 3 aromatic rings. The molecule has 8 heteroatoms. The summed E-state index contributed by atoms with van der Waals surface area (Å²) in [5.74, 6) is 0.655. The molecule has 0 atom stereocenters. The van der Waals surface area contributed by atoms with E-state index in [1.165, 1.54) is 20.3 Å². The van der Waals surface area contributed by atoms with Crippen molar-refractivity contribution in [3.05, 3.63) is 65.2 Å². The van der Waals surface area contributed by atoms with Gasteiger partial charge in [-0.05, 0) is 30.3 Å². The van der Waals surface area contributed by atoms with Gasteiger partial charge in [-0.2, -0.15) is 5.10 Å². The number of carbonyl (C=O) groups is 1. The second kappa shape index (κ2) is 8.13. The lowest BCUT2D eigenvalue weighted by Gasteiger charge is -2.11. The van der Waals surface area contributed by atoms with E-state index in [4.69, 9.17) is 9.47 Å². The molecule has 138 valence electrons. The largest absolute Gasteiger partial charge is 0.493 e. The number of hydrogen-bond donors (Lipinski definition) is 1. The fourth-order valence-electron chi connectivity index (χ4n) is 2.48. The average Bonchev–Trinajstić information content (AvgIpc) is 2.70. The molecular formula is C19H18N4O4. The molecule has 0 saturated carbocycles. The molecule has 0 fully saturated rings. The van der Waals surface area contributed by atoms with Crippen LogP contribution in [0.3, 0.4) is 0 Å². The summed E-state index contributed by atoms with van der Waals surface area (Å²) < 4.78 is 11.5. The molecule has 2 aromatic heterocycles. The molecule has 2 heterocycles. The zero-order chi connectivity index (χ0) is 19.2. The van der Waals surface area contributed by atoms with Gasteiger partial charge < -0.3 is 14.8 Å². The van der Waals surface area contributed by atoms with E-state index in [0.717, 1.165) is 10.2 Å². The number of nitrogens with one attached hydrogen (secondary N) is 1. The first kappa shape index (κ1) is 18.1. The molecule has 8 nitrogen and oxygen atoms in total. The van der Waals surface area contributed by atoms with E-state index in [9.17, 15) is 9.59 Å². The molecule has 1 N–H and O–H groups in total. The number of ether oxygens (including phenoxy) is 2. The summed E-state index contributed by atoms with van der Waals surface area (Å²) in [4.78, 5) is 28.4. The molecule has 0 spiro atoms. The van der Waals surface area contributed by atoms with Crippen molar-refractivity contribution in [1.29, 1.82) is 0 Å². The summed E-state index contributed by atoms with van der Waals surface area (Å²) in [5.41, 5.74) is 1.47. The standard InChI is InChI=1S/C19H18N4O4/c1-26-16-7-5-14(10-17(16)27-2)21-18(24)12-23-19(25)8-6-15(22-23)13-4-3-9-20-11-13/h3-11H,12H2,1-2H3,(H,21,24). The molecule has 0 saturated heterocycles. The third-order valence-electron chi connectivity index (χ3n) is 3.78. The lowest BCUT2D eigenvalue weighted by molar-refractivity contribution is -0.117. The van der Waals surface area contributed by atoms with Crippen molar-refractivity contribution in [3.63, 3.8) is 0 Å². The van der Waals surface area contributed by atoms with Crippen LogP contribution in [-0.2, 0) is 11.3 Å². The van der Waals surface area contributed by atoms with E-state index in [-0.39, 0.29) is 18.0 Å². The fourth-order valence-corrected chi connectivity index (χ4v) is 2.48. The Kier molecular flexibility index (Phi) is 5.46. The number of pyridine rings is 1. The first-order valence-electron chi connectivity index (χ1n) is 8.11. The summed E-state index contributed by atoms with van der Waals surface area (Å²) in [6, 6.07) is 11.6. The quantitative estimate of drug-likeness (QED) is 0.717. The van der Waals surface area contributed by atoms with Gasteiger partial charge in [0.05, 0.1) is 19.9 Å². The Morgan fingerprint density at radius 2 is 1.93 bits per heavy atom. The van der Waals surface area contributed by atoms with Crippen LogP contribution in [0.4, 0.5) is 5.69 Å². The second-order valence-electron chi connectivity index (χ2n) is 5.57. The van der Waals surface area contributed by atoms with Gasteiger partial charge in [-0.3, -0.25) is 14.6 Å². The molecule has 1 amide bonds. The Labute approximate surface area is 155 Å². The number of anilines is 1. The third kappa shape index (κ3) is 4.30. The number of carbonyl (C=O) groups excluding carboxylic acids is 1. The van der Waals surface area contributed by atoms with E-state index in [1.807, 2.05) is 6.07 Å². The molecule has 0 aliphatic rings. The maximum atomic E-state index is 12.3. The minimum atomic E-state index is -0.389. The van der Waals surface area contributed by atoms with E-state index >= 15 is 0 Å². The smallest absolute Gasteiger partial charge is 0.267 e. The number of aromatic nitrogens is 3. The number of benzene rings is 1. The van der Waals surface area contributed by atoms with Crippen LogP contribution >= 0.6 is 0 Å². The highest BCUT2D eigenvalue weighted by molar-refractivity contribution is 5.90. The Hall–Kier alpha value is -3.68. The van der Waals surface area contributed by atoms with E-state index < -0.39 is 0 Å². The predicted molar refractivity (Wildman–Crippen MR) is 99.9 cm³/mol. The van der Waals surface area contributed by atoms with E-state index in [1.54, 1.807) is 42.7 Å². The number of hydrogen-bond acceptors (Lipinski definition) is 6. The van der Waals surface area contributed by atoms with Gasteiger partial charge in [0, 0.05) is 35.8 Å². The highest BCUT2D eigenvalue weighted by atomic mass is 16.5. The summed E-state index contributed by atoms with van der Waals surface area (Å²) >= 11 is 0. The molecule has 0 radical (unpaired) electrons. The Bertz CT molecular complexity index is 1000. The van der Waals surface area contributed by atoms with Crippen LogP contribution in [0.2, 0.25) is 0 Å². The van der Waals surface area contributed by atoms with Gasteiger partial charge in [0.2, 0.25) is 5.91 Å². The van der Waals surface area contributed by atoms with Crippen molar-refractivity contribution in [1.82, 2.24) is 14.8 Å². The first-order chi connectivity index (χ1) is 13.1. The topological polar surface area (TPSA) is 95.3 Å². The Morgan fingerprint density at radius 1 is 1.11 bits per heavy atom. The van der Waals surface area contributed by atoms with Crippen LogP contribution in [0.25, 0.3) is 11.3 Å². The highest BCUT2D eigenvalue weighted by Gasteiger charge is 2.10. The van der Waals surface area contributed by atoms with Gasteiger partial charge >= 0.3 is 0 Å². The number of rotatable bonds is 6. The molecule has 0 aliphatic carbocycles.